The van der Waals surface area contributed by atoms with E-state index in [9.17, 15) is 9.59 Å². The number of benzene rings is 3. The molecule has 0 radical (unpaired) electrons. The number of hydrogen-bond acceptors (Lipinski definition) is 7. The van der Waals surface area contributed by atoms with Crippen LogP contribution in [-0.4, -0.2) is 30.0 Å². The average Bonchev–Trinajstić information content (AvgIpc) is 3.42. The van der Waals surface area contributed by atoms with Gasteiger partial charge in [-0.1, -0.05) is 12.1 Å². The van der Waals surface area contributed by atoms with Gasteiger partial charge in [-0.2, -0.15) is 0 Å². The number of nitrogens with zero attached hydrogens (tertiary/aromatic N) is 1. The standard InChI is InChI=1S/C31H25N3O5S/c1-19-5-8-22(33-30(35)21-7-10-26-27(14-21)38-13-12-37-26)16-25(19)34-31(36)29-15-20-6-9-24(17-28(20)40-29)39-18-23-4-2-3-11-32-23/h2-11,14-17H,12-13,18H2,1H3,(H,33,35)(H,34,36). The molecule has 0 unspecified atom stereocenters. The third kappa shape index (κ3) is 5.60. The van der Waals surface area contributed by atoms with Crippen LogP contribution < -0.4 is 24.8 Å². The molecule has 0 atom stereocenters. The molecule has 0 bridgehead atoms. The van der Waals surface area contributed by atoms with Gasteiger partial charge in [-0.25, -0.2) is 0 Å². The number of carbonyl (C=O) groups is 2. The number of anilines is 2. The molecule has 1 aliphatic heterocycles. The Balaban J connectivity index is 1.14. The van der Waals surface area contributed by atoms with E-state index in [1.165, 1.54) is 11.3 Å². The van der Waals surface area contributed by atoms with Crippen LogP contribution >= 0.6 is 11.3 Å². The van der Waals surface area contributed by atoms with Gasteiger partial charge in [-0.15, -0.1) is 11.3 Å². The summed E-state index contributed by atoms with van der Waals surface area (Å²) >= 11 is 1.39. The smallest absolute Gasteiger partial charge is 0.265 e. The molecule has 1 aliphatic rings. The number of ether oxygens (including phenoxy) is 3. The van der Waals surface area contributed by atoms with Gasteiger partial charge in [0.05, 0.1) is 10.6 Å². The number of nitrogens with one attached hydrogen (secondary N) is 2. The summed E-state index contributed by atoms with van der Waals surface area (Å²) in [6.07, 6.45) is 1.73. The van der Waals surface area contributed by atoms with E-state index < -0.39 is 0 Å². The van der Waals surface area contributed by atoms with Gasteiger partial charge in [0.2, 0.25) is 0 Å². The van der Waals surface area contributed by atoms with Crippen molar-refractivity contribution in [3.05, 3.63) is 107 Å². The summed E-state index contributed by atoms with van der Waals surface area (Å²) in [5.41, 5.74) is 3.34. The molecule has 40 heavy (non-hydrogen) atoms. The third-order valence-electron chi connectivity index (χ3n) is 6.38. The SMILES string of the molecule is Cc1ccc(NC(=O)c2ccc3c(c2)OCCO3)cc1NC(=O)c1cc2ccc(OCc3ccccn3)cc2s1. The van der Waals surface area contributed by atoms with E-state index in [-0.39, 0.29) is 11.8 Å². The number of aryl methyl sites for hydroxylation is 1. The Morgan fingerprint density at radius 2 is 1.77 bits per heavy atom. The molecule has 3 heterocycles. The fourth-order valence-electron chi connectivity index (χ4n) is 4.26. The Kier molecular flexibility index (Phi) is 7.03. The Morgan fingerprint density at radius 1 is 0.900 bits per heavy atom. The first-order chi connectivity index (χ1) is 19.5. The fraction of sp³-hybridized carbons (Fsp3) is 0.129. The van der Waals surface area contributed by atoms with Crippen molar-refractivity contribution < 1.29 is 23.8 Å². The summed E-state index contributed by atoms with van der Waals surface area (Å²) in [6, 6.07) is 23.8. The molecule has 0 fully saturated rings. The minimum Gasteiger partial charge on any atom is -0.487 e. The first-order valence-electron chi connectivity index (χ1n) is 12.7. The van der Waals surface area contributed by atoms with E-state index in [1.54, 1.807) is 36.5 Å². The molecule has 0 saturated carbocycles. The van der Waals surface area contributed by atoms with Crippen molar-refractivity contribution in [3.8, 4) is 17.2 Å². The van der Waals surface area contributed by atoms with Crippen LogP contribution in [0.15, 0.2) is 85.1 Å². The maximum atomic E-state index is 13.2. The summed E-state index contributed by atoms with van der Waals surface area (Å²) in [6.45, 7) is 3.20. The number of pyridine rings is 1. The van der Waals surface area contributed by atoms with Crippen LogP contribution in [0.5, 0.6) is 17.2 Å². The number of carbonyl (C=O) groups excluding carboxylic acids is 2. The summed E-state index contributed by atoms with van der Waals surface area (Å²) < 4.78 is 17.9. The lowest BCUT2D eigenvalue weighted by atomic mass is 10.1. The first kappa shape index (κ1) is 25.4. The molecule has 9 heteroatoms. The minimum absolute atomic E-state index is 0.226. The van der Waals surface area contributed by atoms with Crippen LogP contribution in [0.1, 0.15) is 31.3 Å². The number of aromatic nitrogens is 1. The predicted molar refractivity (Wildman–Crippen MR) is 155 cm³/mol. The molecule has 200 valence electrons. The van der Waals surface area contributed by atoms with Gasteiger partial charge in [-0.3, -0.25) is 14.6 Å². The van der Waals surface area contributed by atoms with Gasteiger partial charge in [0.1, 0.15) is 25.6 Å². The summed E-state index contributed by atoms with van der Waals surface area (Å²) in [7, 11) is 0. The number of rotatable bonds is 7. The van der Waals surface area contributed by atoms with Crippen LogP contribution in [0.25, 0.3) is 10.1 Å². The molecule has 0 saturated heterocycles. The van der Waals surface area contributed by atoms with Crippen molar-refractivity contribution in [2.75, 3.05) is 23.8 Å². The summed E-state index contributed by atoms with van der Waals surface area (Å²) in [4.78, 5) is 30.9. The normalized spacial score (nSPS) is 12.1. The number of hydrogen-bond donors (Lipinski definition) is 2. The van der Waals surface area contributed by atoms with Crippen LogP contribution in [0, 0.1) is 6.92 Å². The highest BCUT2D eigenvalue weighted by molar-refractivity contribution is 7.20. The summed E-state index contributed by atoms with van der Waals surface area (Å²) in [5.74, 6) is 1.37. The van der Waals surface area contributed by atoms with Gasteiger partial charge in [0.15, 0.2) is 11.5 Å². The zero-order valence-electron chi connectivity index (χ0n) is 21.6. The van der Waals surface area contributed by atoms with E-state index in [0.717, 1.165) is 21.3 Å². The van der Waals surface area contributed by atoms with Crippen LogP contribution in [-0.2, 0) is 6.61 Å². The molecule has 8 nitrogen and oxygen atoms in total. The molecule has 6 rings (SSSR count). The molecular weight excluding hydrogens is 526 g/mol. The fourth-order valence-corrected chi connectivity index (χ4v) is 5.25. The molecule has 0 aliphatic carbocycles. The Morgan fingerprint density at radius 3 is 2.62 bits per heavy atom. The molecule has 5 aromatic rings. The highest BCUT2D eigenvalue weighted by Crippen LogP contribution is 2.32. The van der Waals surface area contributed by atoms with E-state index >= 15 is 0 Å². The second kappa shape index (κ2) is 11.1. The largest absolute Gasteiger partial charge is 0.487 e. The minimum atomic E-state index is -0.288. The van der Waals surface area contributed by atoms with Crippen molar-refractivity contribution in [2.45, 2.75) is 13.5 Å². The van der Waals surface area contributed by atoms with E-state index in [2.05, 4.69) is 15.6 Å². The zero-order chi connectivity index (χ0) is 27.5. The first-order valence-corrected chi connectivity index (χ1v) is 13.5. The maximum Gasteiger partial charge on any atom is 0.265 e. The predicted octanol–water partition coefficient (Wildman–Crippen LogP) is 6.46. The van der Waals surface area contributed by atoms with Crippen molar-refractivity contribution in [2.24, 2.45) is 0 Å². The Hall–Kier alpha value is -4.89. The number of amides is 2. The average molecular weight is 552 g/mol. The van der Waals surface area contributed by atoms with E-state index in [1.807, 2.05) is 55.5 Å². The number of fused-ring (bicyclic) bond motifs is 2. The van der Waals surface area contributed by atoms with Crippen LogP contribution in [0.3, 0.4) is 0 Å². The topological polar surface area (TPSA) is 98.8 Å². The molecular formula is C31H25N3O5S. The van der Waals surface area contributed by atoms with Gasteiger partial charge in [-0.05, 0) is 84.6 Å². The highest BCUT2D eigenvalue weighted by atomic mass is 32.1. The lowest BCUT2D eigenvalue weighted by molar-refractivity contribution is 0.102. The second-order valence-electron chi connectivity index (χ2n) is 9.22. The van der Waals surface area contributed by atoms with Crippen molar-refractivity contribution in [1.82, 2.24) is 4.98 Å². The van der Waals surface area contributed by atoms with Crippen molar-refractivity contribution in [1.29, 1.82) is 0 Å². The summed E-state index contributed by atoms with van der Waals surface area (Å²) in [5, 5.41) is 6.84. The lowest BCUT2D eigenvalue weighted by Crippen LogP contribution is -2.17. The van der Waals surface area contributed by atoms with Gasteiger partial charge in [0, 0.05) is 27.8 Å². The molecule has 2 aromatic heterocycles. The molecule has 0 spiro atoms. The zero-order valence-corrected chi connectivity index (χ0v) is 22.4. The molecule has 3 aromatic carbocycles. The van der Waals surface area contributed by atoms with E-state index in [0.29, 0.717) is 58.9 Å². The van der Waals surface area contributed by atoms with Gasteiger partial charge < -0.3 is 24.8 Å². The monoisotopic (exact) mass is 551 g/mol. The van der Waals surface area contributed by atoms with Gasteiger partial charge in [0.25, 0.3) is 11.8 Å². The second-order valence-corrected chi connectivity index (χ2v) is 10.3. The van der Waals surface area contributed by atoms with Crippen molar-refractivity contribution >= 4 is 44.6 Å². The Bertz CT molecular complexity index is 1720. The molecule has 2 N–H and O–H groups in total. The lowest BCUT2D eigenvalue weighted by Gasteiger charge is -2.18. The highest BCUT2D eigenvalue weighted by Gasteiger charge is 2.17. The quantitative estimate of drug-likeness (QED) is 0.241. The maximum absolute atomic E-state index is 13.2. The van der Waals surface area contributed by atoms with Crippen LogP contribution in [0.2, 0.25) is 0 Å². The van der Waals surface area contributed by atoms with E-state index in [4.69, 9.17) is 14.2 Å². The number of thiophene rings is 1. The third-order valence-corrected chi connectivity index (χ3v) is 7.47. The van der Waals surface area contributed by atoms with Crippen LogP contribution in [0.4, 0.5) is 11.4 Å². The molecule has 2 amide bonds. The van der Waals surface area contributed by atoms with Crippen molar-refractivity contribution in [3.63, 3.8) is 0 Å². The Labute approximate surface area is 234 Å². The van der Waals surface area contributed by atoms with Gasteiger partial charge >= 0.3 is 0 Å².